The fraction of sp³-hybridized carbons (Fsp3) is 0.300. The van der Waals surface area contributed by atoms with E-state index in [2.05, 4.69) is 0 Å². The van der Waals surface area contributed by atoms with Crippen LogP contribution in [0.5, 0.6) is 0 Å². The van der Waals surface area contributed by atoms with Gasteiger partial charge in [0.1, 0.15) is 0 Å². The molecule has 20 heavy (non-hydrogen) atoms. The van der Waals surface area contributed by atoms with Crippen molar-refractivity contribution >= 4 is 28.3 Å². The van der Waals surface area contributed by atoms with Gasteiger partial charge in [0.2, 0.25) is 15.9 Å². The summed E-state index contributed by atoms with van der Waals surface area (Å²) < 4.78 is 50.9. The van der Waals surface area contributed by atoms with Crippen LogP contribution in [0.3, 0.4) is 0 Å². The Bertz CT molecular complexity index is 581. The van der Waals surface area contributed by atoms with Gasteiger partial charge >= 0.3 is 0 Å². The first-order valence-electron chi connectivity index (χ1n) is 5.15. The highest BCUT2D eigenvalue weighted by Gasteiger charge is 2.29. The molecule has 1 rings (SSSR count). The number of alkyl halides is 2. The zero-order valence-corrected chi connectivity index (χ0v) is 11.8. The summed E-state index contributed by atoms with van der Waals surface area (Å²) in [5.74, 6) is -4.15. The second kappa shape index (κ2) is 6.93. The Morgan fingerprint density at radius 3 is 2.45 bits per heavy atom. The highest BCUT2D eigenvalue weighted by molar-refractivity contribution is 7.89. The Morgan fingerprint density at radius 2 is 1.95 bits per heavy atom. The Kier molecular flexibility index (Phi) is 6.48. The van der Waals surface area contributed by atoms with Gasteiger partial charge in [-0.25, -0.2) is 21.9 Å². The molecule has 0 saturated heterocycles. The normalized spacial score (nSPS) is 11.8. The Morgan fingerprint density at radius 1 is 1.35 bits per heavy atom. The maximum atomic E-state index is 12.9. The van der Waals surface area contributed by atoms with Gasteiger partial charge in [0.05, 0.1) is 18.0 Å². The molecule has 0 bridgehead atoms. The van der Waals surface area contributed by atoms with E-state index < -0.39 is 34.9 Å². The second-order valence-electron chi connectivity index (χ2n) is 3.78. The molecule has 0 aromatic heterocycles. The molecule has 0 fully saturated rings. The van der Waals surface area contributed by atoms with Gasteiger partial charge in [0, 0.05) is 5.56 Å². The molecule has 5 N–H and O–H groups in total. The summed E-state index contributed by atoms with van der Waals surface area (Å²) in [6.07, 6.45) is 0. The number of carbonyl (C=O) groups is 1. The van der Waals surface area contributed by atoms with Gasteiger partial charge in [0.15, 0.2) is 0 Å². The Labute approximate surface area is 121 Å². The molecule has 0 heterocycles. The molecule has 0 spiro atoms. The van der Waals surface area contributed by atoms with Crippen molar-refractivity contribution < 1.29 is 22.0 Å². The minimum Gasteiger partial charge on any atom is -0.366 e. The highest BCUT2D eigenvalue weighted by Crippen LogP contribution is 2.14. The number of hydrogen-bond donors (Lipinski definition) is 3. The lowest BCUT2D eigenvalue weighted by atomic mass is 10.2. The number of hydrogen-bond acceptors (Lipinski definition) is 4. The van der Waals surface area contributed by atoms with E-state index >= 15 is 0 Å². The van der Waals surface area contributed by atoms with E-state index in [1.165, 1.54) is 12.1 Å². The molecular weight excluding hydrogens is 316 g/mol. The number of amides is 1. The van der Waals surface area contributed by atoms with Crippen molar-refractivity contribution in [2.75, 3.05) is 13.1 Å². The first-order chi connectivity index (χ1) is 8.68. The number of halogens is 3. The van der Waals surface area contributed by atoms with Gasteiger partial charge in [-0.15, -0.1) is 12.4 Å². The first kappa shape index (κ1) is 18.7. The third-order valence-electron chi connectivity index (χ3n) is 2.25. The molecule has 1 aromatic rings. The maximum Gasteiger partial charge on any atom is 0.273 e. The van der Waals surface area contributed by atoms with Gasteiger partial charge in [-0.2, -0.15) is 0 Å². The van der Waals surface area contributed by atoms with Crippen LogP contribution in [0.15, 0.2) is 29.2 Å². The van der Waals surface area contributed by atoms with E-state index in [0.717, 1.165) is 12.1 Å². The van der Waals surface area contributed by atoms with Crippen LogP contribution in [0, 0.1) is 0 Å². The molecule has 0 aliphatic carbocycles. The van der Waals surface area contributed by atoms with Crippen molar-refractivity contribution in [1.82, 2.24) is 4.72 Å². The molecular formula is C10H14ClF2N3O3S. The van der Waals surface area contributed by atoms with Crippen LogP contribution in [-0.2, 0) is 10.0 Å². The lowest BCUT2D eigenvalue weighted by molar-refractivity contribution is 0.0170. The quantitative estimate of drug-likeness (QED) is 0.685. The standard InChI is InChI=1S/C10H13F2N3O3S.ClH/c11-10(12,5-13)6-15-19(17,18)8-3-1-2-7(4-8)9(14)16;/h1-4,15H,5-6,13H2,(H2,14,16);1H. The predicted octanol–water partition coefficient (Wildman–Crippen LogP) is 0.0796. The summed E-state index contributed by atoms with van der Waals surface area (Å²) >= 11 is 0. The van der Waals surface area contributed by atoms with Gasteiger partial charge in [0.25, 0.3) is 5.92 Å². The van der Waals surface area contributed by atoms with Crippen molar-refractivity contribution in [3.63, 3.8) is 0 Å². The van der Waals surface area contributed by atoms with Crippen molar-refractivity contribution in [2.24, 2.45) is 11.5 Å². The Balaban J connectivity index is 0.00000361. The molecule has 0 atom stereocenters. The van der Waals surface area contributed by atoms with Crippen LogP contribution in [0.2, 0.25) is 0 Å². The minimum absolute atomic E-state index is 0. The highest BCUT2D eigenvalue weighted by atomic mass is 35.5. The molecule has 0 aliphatic rings. The molecule has 114 valence electrons. The van der Waals surface area contributed by atoms with Crippen LogP contribution in [0.1, 0.15) is 10.4 Å². The summed E-state index contributed by atoms with van der Waals surface area (Å²) in [7, 11) is -4.15. The molecule has 1 amide bonds. The van der Waals surface area contributed by atoms with Crippen LogP contribution in [0.4, 0.5) is 8.78 Å². The van der Waals surface area contributed by atoms with Gasteiger partial charge in [-0.1, -0.05) is 6.07 Å². The van der Waals surface area contributed by atoms with Crippen LogP contribution < -0.4 is 16.2 Å². The fourth-order valence-corrected chi connectivity index (χ4v) is 2.28. The van der Waals surface area contributed by atoms with Gasteiger partial charge in [-0.3, -0.25) is 4.79 Å². The topological polar surface area (TPSA) is 115 Å². The SMILES string of the molecule is Cl.NCC(F)(F)CNS(=O)(=O)c1cccc(C(N)=O)c1. The maximum absolute atomic E-state index is 12.9. The van der Waals surface area contributed by atoms with Crippen LogP contribution >= 0.6 is 12.4 Å². The van der Waals surface area contributed by atoms with Gasteiger partial charge < -0.3 is 11.5 Å². The fourth-order valence-electron chi connectivity index (χ4n) is 1.17. The number of benzene rings is 1. The van der Waals surface area contributed by atoms with Crippen molar-refractivity contribution in [3.8, 4) is 0 Å². The molecule has 6 nitrogen and oxygen atoms in total. The van der Waals surface area contributed by atoms with Crippen LogP contribution in [0.25, 0.3) is 0 Å². The number of nitrogens with two attached hydrogens (primary N) is 2. The molecule has 0 radical (unpaired) electrons. The molecule has 0 saturated carbocycles. The van der Waals surface area contributed by atoms with Crippen molar-refractivity contribution in [1.29, 1.82) is 0 Å². The smallest absolute Gasteiger partial charge is 0.273 e. The summed E-state index contributed by atoms with van der Waals surface area (Å²) in [6, 6.07) is 4.77. The monoisotopic (exact) mass is 329 g/mol. The summed E-state index contributed by atoms with van der Waals surface area (Å²) in [4.78, 5) is 10.6. The minimum atomic E-state index is -4.15. The molecule has 0 unspecified atom stereocenters. The number of sulfonamides is 1. The number of nitrogens with one attached hydrogen (secondary N) is 1. The second-order valence-corrected chi connectivity index (χ2v) is 5.54. The number of rotatable bonds is 6. The predicted molar refractivity (Wildman–Crippen MR) is 71.4 cm³/mol. The van der Waals surface area contributed by atoms with E-state index in [9.17, 15) is 22.0 Å². The summed E-state index contributed by atoms with van der Waals surface area (Å²) in [6.45, 7) is -2.09. The van der Waals surface area contributed by atoms with Crippen molar-refractivity contribution in [2.45, 2.75) is 10.8 Å². The molecule has 1 aromatic carbocycles. The largest absolute Gasteiger partial charge is 0.366 e. The lowest BCUT2D eigenvalue weighted by Crippen LogP contribution is -2.41. The Hall–Kier alpha value is -1.29. The van der Waals surface area contributed by atoms with E-state index in [1.807, 2.05) is 0 Å². The first-order valence-corrected chi connectivity index (χ1v) is 6.64. The molecule has 10 heteroatoms. The average molecular weight is 330 g/mol. The third kappa shape index (κ3) is 5.00. The van der Waals surface area contributed by atoms with Crippen LogP contribution in [-0.4, -0.2) is 33.3 Å². The zero-order valence-electron chi connectivity index (χ0n) is 10.2. The van der Waals surface area contributed by atoms with Crippen molar-refractivity contribution in [3.05, 3.63) is 29.8 Å². The third-order valence-corrected chi connectivity index (χ3v) is 3.65. The van der Waals surface area contributed by atoms with E-state index in [-0.39, 0.29) is 22.9 Å². The van der Waals surface area contributed by atoms with E-state index in [0.29, 0.717) is 0 Å². The average Bonchev–Trinajstić information content (AvgIpc) is 2.37. The molecule has 0 aliphatic heterocycles. The number of primary amides is 1. The zero-order chi connectivity index (χ0) is 14.7. The van der Waals surface area contributed by atoms with E-state index in [4.69, 9.17) is 11.5 Å². The summed E-state index contributed by atoms with van der Waals surface area (Å²) in [5.41, 5.74) is 9.76. The van der Waals surface area contributed by atoms with E-state index in [1.54, 1.807) is 4.72 Å². The summed E-state index contributed by atoms with van der Waals surface area (Å²) in [5, 5.41) is 0. The lowest BCUT2D eigenvalue weighted by Gasteiger charge is -2.14. The number of carbonyl (C=O) groups excluding carboxylic acids is 1. The van der Waals surface area contributed by atoms with Gasteiger partial charge in [-0.05, 0) is 18.2 Å².